The zero-order valence-electron chi connectivity index (χ0n) is 18.7. The number of rotatable bonds is 3. The van der Waals surface area contributed by atoms with Crippen LogP contribution in [0, 0.1) is 20.8 Å². The molecule has 33 heavy (non-hydrogen) atoms. The van der Waals surface area contributed by atoms with Gasteiger partial charge in [0.05, 0.1) is 11.6 Å². The lowest BCUT2D eigenvalue weighted by atomic mass is 9.94. The number of nitrogens with one attached hydrogen (secondary N) is 1. The molecule has 1 aliphatic heterocycles. The molecule has 164 valence electrons. The Morgan fingerprint density at radius 3 is 2.36 bits per heavy atom. The number of amides is 1. The summed E-state index contributed by atoms with van der Waals surface area (Å²) in [5.74, 6) is -1.51. The number of anilines is 1. The number of carbonyl (C=O) groups is 2. The Morgan fingerprint density at radius 1 is 0.909 bits per heavy atom. The van der Waals surface area contributed by atoms with E-state index >= 15 is 0 Å². The molecule has 1 aromatic heterocycles. The lowest BCUT2D eigenvalue weighted by Gasteiger charge is -2.25. The largest absolute Gasteiger partial charge is 0.507 e. The molecule has 0 saturated carbocycles. The second-order valence-corrected chi connectivity index (χ2v) is 8.59. The maximum Gasteiger partial charge on any atom is 0.300 e. The summed E-state index contributed by atoms with van der Waals surface area (Å²) in [5, 5.41) is 12.2. The van der Waals surface area contributed by atoms with Crippen molar-refractivity contribution in [3.8, 4) is 0 Å². The molecule has 5 rings (SSSR count). The highest BCUT2D eigenvalue weighted by atomic mass is 16.3. The number of H-pyrrole nitrogens is 1. The van der Waals surface area contributed by atoms with Gasteiger partial charge < -0.3 is 10.1 Å². The van der Waals surface area contributed by atoms with E-state index in [-0.39, 0.29) is 11.3 Å². The number of nitrogens with zero attached hydrogens (tertiary/aromatic N) is 1. The molecule has 1 amide bonds. The van der Waals surface area contributed by atoms with E-state index in [0.29, 0.717) is 11.3 Å². The summed E-state index contributed by atoms with van der Waals surface area (Å²) in [7, 11) is 0. The zero-order valence-corrected chi connectivity index (χ0v) is 18.7. The number of Topliss-reactive ketones (excluding diaryl/α,β-unsaturated/α-hetero) is 1. The summed E-state index contributed by atoms with van der Waals surface area (Å²) in [6.45, 7) is 5.91. The molecule has 1 aliphatic rings. The van der Waals surface area contributed by atoms with Gasteiger partial charge in [0.25, 0.3) is 11.7 Å². The van der Waals surface area contributed by atoms with E-state index in [4.69, 9.17) is 0 Å². The molecule has 2 heterocycles. The molecule has 5 nitrogen and oxygen atoms in total. The molecule has 3 aromatic carbocycles. The van der Waals surface area contributed by atoms with Gasteiger partial charge in [-0.1, -0.05) is 48.0 Å². The van der Waals surface area contributed by atoms with E-state index in [1.165, 1.54) is 4.90 Å². The van der Waals surface area contributed by atoms with Crippen molar-refractivity contribution in [1.82, 2.24) is 4.98 Å². The van der Waals surface area contributed by atoms with Crippen LogP contribution in [-0.2, 0) is 9.59 Å². The summed E-state index contributed by atoms with van der Waals surface area (Å²) in [5.41, 5.74) is 6.00. The van der Waals surface area contributed by atoms with Crippen molar-refractivity contribution in [1.29, 1.82) is 0 Å². The predicted octanol–water partition coefficient (Wildman–Crippen LogP) is 5.72. The molecule has 0 spiro atoms. The van der Waals surface area contributed by atoms with Crippen molar-refractivity contribution in [3.05, 3.63) is 106 Å². The molecule has 1 saturated heterocycles. The van der Waals surface area contributed by atoms with Crippen LogP contribution in [0.1, 0.15) is 33.9 Å². The molecule has 2 N–H and O–H groups in total. The van der Waals surface area contributed by atoms with Crippen LogP contribution in [0.5, 0.6) is 0 Å². The first kappa shape index (κ1) is 20.8. The van der Waals surface area contributed by atoms with Gasteiger partial charge in [-0.05, 0) is 56.2 Å². The summed E-state index contributed by atoms with van der Waals surface area (Å²) in [6.07, 6.45) is 1.82. The van der Waals surface area contributed by atoms with Crippen molar-refractivity contribution in [2.75, 3.05) is 4.90 Å². The molecular weight excluding hydrogens is 412 g/mol. The third-order valence-corrected chi connectivity index (χ3v) is 6.45. The fourth-order valence-electron chi connectivity index (χ4n) is 4.46. The number of aryl methyl sites for hydroxylation is 3. The quantitative estimate of drug-likeness (QED) is 0.245. The second kappa shape index (κ2) is 7.78. The number of ketones is 1. The van der Waals surface area contributed by atoms with Crippen molar-refractivity contribution in [2.45, 2.75) is 26.8 Å². The average Bonchev–Trinajstić information content (AvgIpc) is 3.35. The van der Waals surface area contributed by atoms with Crippen molar-refractivity contribution >= 4 is 34.0 Å². The van der Waals surface area contributed by atoms with Crippen LogP contribution in [0.3, 0.4) is 0 Å². The van der Waals surface area contributed by atoms with E-state index < -0.39 is 17.7 Å². The van der Waals surface area contributed by atoms with E-state index in [1.54, 1.807) is 6.07 Å². The van der Waals surface area contributed by atoms with Gasteiger partial charge in [-0.25, -0.2) is 0 Å². The SMILES string of the molecule is Cc1ccc(N2C(=O)C(=O)/C(=C(/O)c3ccc(C)c(C)c3)C2c2c[nH]c3ccccc23)cc1. The van der Waals surface area contributed by atoms with Crippen LogP contribution < -0.4 is 4.90 Å². The van der Waals surface area contributed by atoms with Crippen LogP contribution in [0.4, 0.5) is 5.69 Å². The molecule has 1 atom stereocenters. The minimum absolute atomic E-state index is 0.0913. The number of aromatic nitrogens is 1. The van der Waals surface area contributed by atoms with E-state index in [1.807, 2.05) is 87.6 Å². The second-order valence-electron chi connectivity index (χ2n) is 8.59. The molecule has 1 fully saturated rings. The predicted molar refractivity (Wildman–Crippen MR) is 130 cm³/mol. The first-order valence-corrected chi connectivity index (χ1v) is 10.9. The number of aromatic amines is 1. The molecule has 1 unspecified atom stereocenters. The molecule has 0 aliphatic carbocycles. The number of para-hydroxylation sites is 1. The van der Waals surface area contributed by atoms with Gasteiger partial charge in [0.2, 0.25) is 0 Å². The van der Waals surface area contributed by atoms with E-state index in [0.717, 1.165) is 33.2 Å². The van der Waals surface area contributed by atoms with Crippen molar-refractivity contribution < 1.29 is 14.7 Å². The molecule has 0 bridgehead atoms. The van der Waals surface area contributed by atoms with Gasteiger partial charge in [-0.15, -0.1) is 0 Å². The number of benzene rings is 3. The third-order valence-electron chi connectivity index (χ3n) is 6.45. The number of aliphatic hydroxyl groups excluding tert-OH is 1. The minimum atomic E-state index is -0.759. The molecule has 0 radical (unpaired) electrons. The summed E-state index contributed by atoms with van der Waals surface area (Å²) in [4.78, 5) is 31.4. The van der Waals surface area contributed by atoms with Crippen LogP contribution in [0.25, 0.3) is 16.7 Å². The summed E-state index contributed by atoms with van der Waals surface area (Å²) >= 11 is 0. The van der Waals surface area contributed by atoms with Crippen LogP contribution in [0.2, 0.25) is 0 Å². The molecule has 5 heteroatoms. The van der Waals surface area contributed by atoms with Crippen molar-refractivity contribution in [3.63, 3.8) is 0 Å². The third kappa shape index (κ3) is 3.33. The molecular formula is C28H24N2O3. The Bertz CT molecular complexity index is 1440. The summed E-state index contributed by atoms with van der Waals surface area (Å²) in [6, 6.07) is 20.0. The molecule has 4 aromatic rings. The standard InChI is InChI=1S/C28H24N2O3/c1-16-8-12-20(13-9-16)30-25(22-15-29-23-7-5-4-6-21(22)23)24(27(32)28(30)33)26(31)19-11-10-17(2)18(3)14-19/h4-15,25,29,31H,1-3H3/b26-24+. The Kier molecular flexibility index (Phi) is 4.90. The number of carbonyl (C=O) groups excluding carboxylic acids is 2. The first-order chi connectivity index (χ1) is 15.9. The van der Waals surface area contributed by atoms with Gasteiger partial charge in [-0.3, -0.25) is 14.5 Å². The fourth-order valence-corrected chi connectivity index (χ4v) is 4.46. The minimum Gasteiger partial charge on any atom is -0.507 e. The monoisotopic (exact) mass is 436 g/mol. The Morgan fingerprint density at radius 2 is 1.64 bits per heavy atom. The summed E-state index contributed by atoms with van der Waals surface area (Å²) < 4.78 is 0. The smallest absolute Gasteiger partial charge is 0.300 e. The highest BCUT2D eigenvalue weighted by Gasteiger charge is 2.47. The van der Waals surface area contributed by atoms with E-state index in [2.05, 4.69) is 4.98 Å². The highest BCUT2D eigenvalue weighted by molar-refractivity contribution is 6.51. The normalized spacial score (nSPS) is 17.8. The Labute approximate surface area is 192 Å². The lowest BCUT2D eigenvalue weighted by molar-refractivity contribution is -0.132. The zero-order chi connectivity index (χ0) is 23.3. The van der Waals surface area contributed by atoms with Crippen LogP contribution in [0.15, 0.2) is 78.5 Å². The Balaban J connectivity index is 1.78. The van der Waals surface area contributed by atoms with Gasteiger partial charge in [-0.2, -0.15) is 0 Å². The van der Waals surface area contributed by atoms with Crippen LogP contribution in [-0.4, -0.2) is 21.8 Å². The Hall–Kier alpha value is -4.12. The lowest BCUT2D eigenvalue weighted by Crippen LogP contribution is -2.29. The van der Waals surface area contributed by atoms with Crippen LogP contribution >= 0.6 is 0 Å². The average molecular weight is 437 g/mol. The number of fused-ring (bicyclic) bond motifs is 1. The highest BCUT2D eigenvalue weighted by Crippen LogP contribution is 2.44. The maximum absolute atomic E-state index is 13.3. The van der Waals surface area contributed by atoms with E-state index in [9.17, 15) is 14.7 Å². The van der Waals surface area contributed by atoms with Crippen molar-refractivity contribution in [2.24, 2.45) is 0 Å². The topological polar surface area (TPSA) is 73.4 Å². The van der Waals surface area contributed by atoms with Gasteiger partial charge in [0, 0.05) is 33.9 Å². The van der Waals surface area contributed by atoms with Gasteiger partial charge in [0.1, 0.15) is 5.76 Å². The number of hydrogen-bond acceptors (Lipinski definition) is 3. The maximum atomic E-state index is 13.3. The number of aliphatic hydroxyl groups is 1. The van der Waals surface area contributed by atoms with Gasteiger partial charge >= 0.3 is 0 Å². The first-order valence-electron chi connectivity index (χ1n) is 10.9. The number of hydrogen-bond donors (Lipinski definition) is 2. The fraction of sp³-hybridized carbons (Fsp3) is 0.143. The van der Waals surface area contributed by atoms with Gasteiger partial charge in [0.15, 0.2) is 0 Å².